The topological polar surface area (TPSA) is 46.9 Å². The number of amides is 1. The first-order valence-electron chi connectivity index (χ1n) is 9.24. The molecule has 0 aliphatic carbocycles. The quantitative estimate of drug-likeness (QED) is 0.507. The second-order valence-corrected chi connectivity index (χ2v) is 6.66. The lowest BCUT2D eigenvalue weighted by molar-refractivity contribution is -0.119. The van der Waals surface area contributed by atoms with E-state index in [1.54, 1.807) is 23.0 Å². The highest BCUT2D eigenvalue weighted by Crippen LogP contribution is 2.29. The fraction of sp³-hybridized carbons (Fsp3) is 0.130. The zero-order valence-electron chi connectivity index (χ0n) is 15.5. The predicted octanol–water partition coefficient (Wildman–Crippen LogP) is 5.43. The van der Waals surface area contributed by atoms with Crippen molar-refractivity contribution in [1.82, 2.24) is 9.78 Å². The van der Waals surface area contributed by atoms with Crippen LogP contribution in [0.3, 0.4) is 0 Å². The van der Waals surface area contributed by atoms with Crippen LogP contribution in [0.15, 0.2) is 79.1 Å². The van der Waals surface area contributed by atoms with Crippen LogP contribution < -0.4 is 5.32 Å². The highest BCUT2D eigenvalue weighted by atomic mass is 19.1. The highest BCUT2D eigenvalue weighted by molar-refractivity contribution is 5.97. The second-order valence-electron chi connectivity index (χ2n) is 6.66. The van der Waals surface area contributed by atoms with Crippen LogP contribution in [-0.2, 0) is 4.79 Å². The summed E-state index contributed by atoms with van der Waals surface area (Å²) >= 11 is 0. The van der Waals surface area contributed by atoms with E-state index in [4.69, 9.17) is 0 Å². The van der Waals surface area contributed by atoms with Gasteiger partial charge >= 0.3 is 0 Å². The Morgan fingerprint density at radius 1 is 1.07 bits per heavy atom. The number of carbonyl (C=O) groups is 1. The molecule has 1 amide bonds. The first kappa shape index (κ1) is 17.9. The summed E-state index contributed by atoms with van der Waals surface area (Å²) in [6.07, 6.45) is 4.28. The third kappa shape index (κ3) is 3.51. The van der Waals surface area contributed by atoms with Gasteiger partial charge in [-0.1, -0.05) is 49.4 Å². The van der Waals surface area contributed by atoms with Crippen molar-refractivity contribution in [3.05, 3.63) is 84.9 Å². The average Bonchev–Trinajstić information content (AvgIpc) is 3.19. The molecule has 5 heteroatoms. The van der Waals surface area contributed by atoms with Crippen LogP contribution in [0.1, 0.15) is 19.4 Å². The van der Waals surface area contributed by atoms with E-state index in [1.165, 1.54) is 12.1 Å². The maximum Gasteiger partial charge on any atom is 0.249 e. The molecular weight excluding hydrogens is 353 g/mol. The molecule has 0 saturated heterocycles. The van der Waals surface area contributed by atoms with E-state index in [2.05, 4.69) is 34.7 Å². The van der Waals surface area contributed by atoms with Crippen LogP contribution in [0.25, 0.3) is 21.9 Å². The minimum Gasteiger partial charge on any atom is -0.324 e. The molecule has 0 radical (unpaired) electrons. The van der Waals surface area contributed by atoms with Gasteiger partial charge in [-0.05, 0) is 47.0 Å². The molecule has 0 saturated carbocycles. The first-order chi connectivity index (χ1) is 13.7. The van der Waals surface area contributed by atoms with Crippen molar-refractivity contribution in [3.63, 3.8) is 0 Å². The standard InChI is InChI=1S/C23H20FN3O/c1-2-22(23(28)26-19-12-10-18(24)11-13-19)27-15-17(14-25-27)21-9-5-7-16-6-3-4-8-20(16)21/h3-15,22H,2H2,1H3,(H,26,28). The van der Waals surface area contributed by atoms with Gasteiger partial charge in [-0.2, -0.15) is 5.10 Å². The van der Waals surface area contributed by atoms with Crippen LogP contribution in [-0.4, -0.2) is 15.7 Å². The van der Waals surface area contributed by atoms with E-state index in [1.807, 2.05) is 31.3 Å². The van der Waals surface area contributed by atoms with Crippen LogP contribution in [0, 0.1) is 5.82 Å². The molecule has 3 aromatic carbocycles. The maximum atomic E-state index is 13.1. The van der Waals surface area contributed by atoms with Crippen molar-refractivity contribution in [1.29, 1.82) is 0 Å². The van der Waals surface area contributed by atoms with Crippen molar-refractivity contribution in [2.75, 3.05) is 5.32 Å². The summed E-state index contributed by atoms with van der Waals surface area (Å²) in [7, 11) is 0. The molecule has 1 N–H and O–H groups in total. The molecule has 1 heterocycles. The Morgan fingerprint density at radius 3 is 2.61 bits per heavy atom. The number of hydrogen-bond donors (Lipinski definition) is 1. The van der Waals surface area contributed by atoms with Gasteiger partial charge < -0.3 is 5.32 Å². The average molecular weight is 373 g/mol. The molecule has 140 valence electrons. The van der Waals surface area contributed by atoms with Crippen molar-refractivity contribution in [2.24, 2.45) is 0 Å². The molecule has 1 unspecified atom stereocenters. The summed E-state index contributed by atoms with van der Waals surface area (Å²) < 4.78 is 14.8. The van der Waals surface area contributed by atoms with Gasteiger partial charge in [-0.15, -0.1) is 0 Å². The molecule has 28 heavy (non-hydrogen) atoms. The monoisotopic (exact) mass is 373 g/mol. The number of carbonyl (C=O) groups excluding carboxylic acids is 1. The molecule has 4 rings (SSSR count). The maximum absolute atomic E-state index is 13.1. The number of hydrogen-bond acceptors (Lipinski definition) is 2. The Labute approximate surface area is 162 Å². The van der Waals surface area contributed by atoms with Crippen molar-refractivity contribution in [3.8, 4) is 11.1 Å². The second kappa shape index (κ2) is 7.64. The Balaban J connectivity index is 1.61. The molecule has 0 aliphatic heterocycles. The van der Waals surface area contributed by atoms with Crippen molar-refractivity contribution >= 4 is 22.4 Å². The summed E-state index contributed by atoms with van der Waals surface area (Å²) in [4.78, 5) is 12.7. The van der Waals surface area contributed by atoms with E-state index in [-0.39, 0.29) is 11.7 Å². The van der Waals surface area contributed by atoms with Gasteiger partial charge in [-0.3, -0.25) is 9.48 Å². The van der Waals surface area contributed by atoms with E-state index in [0.29, 0.717) is 12.1 Å². The van der Waals surface area contributed by atoms with E-state index < -0.39 is 6.04 Å². The first-order valence-corrected chi connectivity index (χ1v) is 9.24. The van der Waals surface area contributed by atoms with Gasteiger partial charge in [0.05, 0.1) is 6.20 Å². The van der Waals surface area contributed by atoms with Gasteiger partial charge in [-0.25, -0.2) is 4.39 Å². The number of halogens is 1. The zero-order valence-corrected chi connectivity index (χ0v) is 15.5. The number of aromatic nitrogens is 2. The Bertz CT molecular complexity index is 1110. The van der Waals surface area contributed by atoms with E-state index in [9.17, 15) is 9.18 Å². The summed E-state index contributed by atoms with van der Waals surface area (Å²) in [5.41, 5.74) is 2.61. The molecule has 0 spiro atoms. The van der Waals surface area contributed by atoms with Crippen LogP contribution in [0.5, 0.6) is 0 Å². The van der Waals surface area contributed by atoms with Gasteiger partial charge in [0, 0.05) is 17.4 Å². The molecule has 0 aliphatic rings. The predicted molar refractivity (Wildman–Crippen MR) is 110 cm³/mol. The number of benzene rings is 3. The SMILES string of the molecule is CCC(C(=O)Nc1ccc(F)cc1)n1cc(-c2cccc3ccccc23)cn1. The third-order valence-corrected chi connectivity index (χ3v) is 4.82. The highest BCUT2D eigenvalue weighted by Gasteiger charge is 2.20. The van der Waals surface area contributed by atoms with Crippen LogP contribution in [0.4, 0.5) is 10.1 Å². The largest absolute Gasteiger partial charge is 0.324 e. The van der Waals surface area contributed by atoms with E-state index >= 15 is 0 Å². The van der Waals surface area contributed by atoms with Gasteiger partial charge in [0.1, 0.15) is 11.9 Å². The summed E-state index contributed by atoms with van der Waals surface area (Å²) in [6, 6.07) is 19.6. The van der Waals surface area contributed by atoms with Crippen molar-refractivity contribution < 1.29 is 9.18 Å². The Kier molecular flexibility index (Phi) is 4.89. The Morgan fingerprint density at radius 2 is 1.82 bits per heavy atom. The third-order valence-electron chi connectivity index (χ3n) is 4.82. The molecular formula is C23H20FN3O. The van der Waals surface area contributed by atoms with Crippen LogP contribution in [0.2, 0.25) is 0 Å². The molecule has 4 aromatic rings. The number of anilines is 1. The van der Waals surface area contributed by atoms with Crippen LogP contribution >= 0.6 is 0 Å². The normalized spacial score (nSPS) is 12.1. The van der Waals surface area contributed by atoms with Gasteiger partial charge in [0.2, 0.25) is 5.91 Å². The molecule has 1 aromatic heterocycles. The lowest BCUT2D eigenvalue weighted by Crippen LogP contribution is -2.25. The van der Waals surface area contributed by atoms with Crippen molar-refractivity contribution in [2.45, 2.75) is 19.4 Å². The summed E-state index contributed by atoms with van der Waals surface area (Å²) in [6.45, 7) is 1.94. The fourth-order valence-electron chi connectivity index (χ4n) is 3.38. The smallest absolute Gasteiger partial charge is 0.249 e. The minimum atomic E-state index is -0.450. The van der Waals surface area contributed by atoms with E-state index in [0.717, 1.165) is 21.9 Å². The minimum absolute atomic E-state index is 0.179. The number of rotatable bonds is 5. The lowest BCUT2D eigenvalue weighted by atomic mass is 10.0. The summed E-state index contributed by atoms with van der Waals surface area (Å²) in [5, 5.41) is 9.58. The molecule has 0 fully saturated rings. The number of nitrogens with one attached hydrogen (secondary N) is 1. The lowest BCUT2D eigenvalue weighted by Gasteiger charge is -2.15. The molecule has 1 atom stereocenters. The summed E-state index contributed by atoms with van der Waals surface area (Å²) in [5.74, 6) is -0.515. The number of fused-ring (bicyclic) bond motifs is 1. The fourth-order valence-corrected chi connectivity index (χ4v) is 3.38. The molecule has 4 nitrogen and oxygen atoms in total. The Hall–Kier alpha value is -3.47. The van der Waals surface area contributed by atoms with Gasteiger partial charge in [0.15, 0.2) is 0 Å². The van der Waals surface area contributed by atoms with Gasteiger partial charge in [0.25, 0.3) is 0 Å². The molecule has 0 bridgehead atoms. The zero-order chi connectivity index (χ0) is 19.5. The number of nitrogens with zero attached hydrogens (tertiary/aromatic N) is 2.